The molecule has 22 heavy (non-hydrogen) atoms. The Kier molecular flexibility index (Phi) is 6.44. The molecule has 1 atom stereocenters. The van der Waals surface area contributed by atoms with E-state index in [4.69, 9.17) is 14.6 Å². The van der Waals surface area contributed by atoms with Gasteiger partial charge in [-0.05, 0) is 24.1 Å². The normalized spacial score (nSPS) is 12.2. The Balaban J connectivity index is 2.83. The molecule has 0 bridgehead atoms. The zero-order chi connectivity index (χ0) is 16.7. The van der Waals surface area contributed by atoms with Crippen LogP contribution in [-0.2, 0) is 9.59 Å². The second kappa shape index (κ2) is 8.07. The number of methoxy groups -OCH3 is 2. The van der Waals surface area contributed by atoms with Gasteiger partial charge in [-0.3, -0.25) is 4.79 Å². The fourth-order valence-electron chi connectivity index (χ4n) is 1.84. The molecule has 0 aliphatic carbocycles. The summed E-state index contributed by atoms with van der Waals surface area (Å²) in [5, 5.41) is 11.5. The minimum Gasteiger partial charge on any atom is -0.497 e. The average Bonchev–Trinajstić information content (AvgIpc) is 2.49. The number of carboxylic acid groups (broad SMARTS) is 1. The number of amides is 1. The molecule has 0 aliphatic rings. The first-order valence-corrected chi connectivity index (χ1v) is 6.82. The van der Waals surface area contributed by atoms with Crippen LogP contribution < -0.4 is 14.8 Å². The van der Waals surface area contributed by atoms with Crippen LogP contribution in [0.5, 0.6) is 11.5 Å². The first-order valence-electron chi connectivity index (χ1n) is 6.82. The van der Waals surface area contributed by atoms with Gasteiger partial charge in [0.2, 0.25) is 5.91 Å². The maximum Gasteiger partial charge on any atom is 0.326 e. The number of nitrogens with one attached hydrogen (secondary N) is 1. The van der Waals surface area contributed by atoms with Gasteiger partial charge in [-0.15, -0.1) is 0 Å². The summed E-state index contributed by atoms with van der Waals surface area (Å²) in [5.41, 5.74) is 0.690. The molecule has 1 rings (SSSR count). The van der Waals surface area contributed by atoms with Gasteiger partial charge in [0.15, 0.2) is 0 Å². The van der Waals surface area contributed by atoms with Gasteiger partial charge in [0.25, 0.3) is 0 Å². The molecule has 1 aromatic carbocycles. The molecule has 0 spiro atoms. The highest BCUT2D eigenvalue weighted by atomic mass is 16.5. The van der Waals surface area contributed by atoms with Gasteiger partial charge in [0, 0.05) is 17.7 Å². The summed E-state index contributed by atoms with van der Waals surface area (Å²) in [7, 11) is 3.07. The van der Waals surface area contributed by atoms with E-state index in [1.54, 1.807) is 45.2 Å². The van der Waals surface area contributed by atoms with Crippen LogP contribution in [0.3, 0.4) is 0 Å². The Morgan fingerprint density at radius 3 is 2.41 bits per heavy atom. The van der Waals surface area contributed by atoms with Crippen LogP contribution in [-0.4, -0.2) is 37.2 Å². The molecule has 2 N–H and O–H groups in total. The van der Waals surface area contributed by atoms with Crippen LogP contribution in [0.2, 0.25) is 0 Å². The van der Waals surface area contributed by atoms with Crippen LogP contribution in [0.15, 0.2) is 24.3 Å². The van der Waals surface area contributed by atoms with E-state index in [0.29, 0.717) is 17.1 Å². The molecule has 1 aromatic rings. The first kappa shape index (κ1) is 17.6. The molecule has 0 fully saturated rings. The molecule has 0 saturated heterocycles. The molecule has 0 heterocycles. The Bertz CT molecular complexity index is 566. The van der Waals surface area contributed by atoms with Crippen LogP contribution in [0, 0.1) is 5.92 Å². The monoisotopic (exact) mass is 307 g/mol. The standard InChI is InChI=1S/C16H21NO5/c1-10(2)15(16(19)20)17-14(18)8-6-11-5-7-12(21-3)9-13(11)22-4/h5-10,15H,1-4H3,(H,17,18)(H,19,20)/b8-6+/t15-/m1/s1. The van der Waals surface area contributed by atoms with Crippen molar-refractivity contribution >= 4 is 18.0 Å². The van der Waals surface area contributed by atoms with Gasteiger partial charge in [0.1, 0.15) is 17.5 Å². The van der Waals surface area contributed by atoms with Crippen molar-refractivity contribution in [2.75, 3.05) is 14.2 Å². The third-order valence-electron chi connectivity index (χ3n) is 3.09. The summed E-state index contributed by atoms with van der Waals surface area (Å²) in [6, 6.07) is 4.27. The predicted molar refractivity (Wildman–Crippen MR) is 83.0 cm³/mol. The quantitative estimate of drug-likeness (QED) is 0.752. The Hall–Kier alpha value is -2.50. The third-order valence-corrected chi connectivity index (χ3v) is 3.09. The van der Waals surface area contributed by atoms with Gasteiger partial charge in [-0.1, -0.05) is 13.8 Å². The molecule has 0 unspecified atom stereocenters. The molecule has 1 amide bonds. The highest BCUT2D eigenvalue weighted by molar-refractivity contribution is 5.94. The van der Waals surface area contributed by atoms with E-state index < -0.39 is 17.9 Å². The molecule has 0 saturated carbocycles. The van der Waals surface area contributed by atoms with Crippen molar-refractivity contribution < 1.29 is 24.2 Å². The van der Waals surface area contributed by atoms with E-state index in [9.17, 15) is 9.59 Å². The van der Waals surface area contributed by atoms with E-state index in [0.717, 1.165) is 0 Å². The van der Waals surface area contributed by atoms with E-state index in [-0.39, 0.29) is 5.92 Å². The number of aliphatic carboxylic acids is 1. The van der Waals surface area contributed by atoms with Crippen molar-refractivity contribution in [1.82, 2.24) is 5.32 Å². The number of ether oxygens (including phenoxy) is 2. The number of rotatable bonds is 7. The van der Waals surface area contributed by atoms with Crippen molar-refractivity contribution in [2.45, 2.75) is 19.9 Å². The van der Waals surface area contributed by atoms with Crippen LogP contribution >= 0.6 is 0 Å². The van der Waals surface area contributed by atoms with Crippen molar-refractivity contribution in [3.63, 3.8) is 0 Å². The Morgan fingerprint density at radius 1 is 1.23 bits per heavy atom. The minimum atomic E-state index is -1.06. The molecular formula is C16H21NO5. The van der Waals surface area contributed by atoms with Crippen LogP contribution in [0.4, 0.5) is 0 Å². The molecular weight excluding hydrogens is 286 g/mol. The second-order valence-corrected chi connectivity index (χ2v) is 5.01. The number of carbonyl (C=O) groups excluding carboxylic acids is 1. The van der Waals surface area contributed by atoms with Crippen LogP contribution in [0.1, 0.15) is 19.4 Å². The van der Waals surface area contributed by atoms with Crippen molar-refractivity contribution in [3.8, 4) is 11.5 Å². The Labute approximate surface area is 129 Å². The molecule has 0 aromatic heterocycles. The SMILES string of the molecule is COc1ccc(/C=C/C(=O)N[C@@H](C(=O)O)C(C)C)c(OC)c1. The highest BCUT2D eigenvalue weighted by Gasteiger charge is 2.22. The van der Waals surface area contributed by atoms with E-state index in [1.807, 2.05) is 0 Å². The first-order chi connectivity index (χ1) is 10.4. The third kappa shape index (κ3) is 4.80. The fraction of sp³-hybridized carbons (Fsp3) is 0.375. The molecule has 0 aliphatic heterocycles. The maximum absolute atomic E-state index is 11.8. The van der Waals surface area contributed by atoms with Gasteiger partial charge in [-0.2, -0.15) is 0 Å². The minimum absolute atomic E-state index is 0.203. The number of carboxylic acids is 1. The summed E-state index contributed by atoms with van der Waals surface area (Å²) in [4.78, 5) is 22.9. The van der Waals surface area contributed by atoms with Gasteiger partial charge in [0.05, 0.1) is 14.2 Å². The summed E-state index contributed by atoms with van der Waals surface area (Å²) in [6.45, 7) is 3.46. The Morgan fingerprint density at radius 2 is 1.91 bits per heavy atom. The largest absolute Gasteiger partial charge is 0.497 e. The van der Waals surface area contributed by atoms with Gasteiger partial charge in [-0.25, -0.2) is 4.79 Å². The second-order valence-electron chi connectivity index (χ2n) is 5.01. The van der Waals surface area contributed by atoms with Crippen molar-refractivity contribution in [1.29, 1.82) is 0 Å². The van der Waals surface area contributed by atoms with E-state index >= 15 is 0 Å². The summed E-state index contributed by atoms with van der Waals surface area (Å²) >= 11 is 0. The van der Waals surface area contributed by atoms with Gasteiger partial charge < -0.3 is 19.9 Å². The average molecular weight is 307 g/mol. The predicted octanol–water partition coefficient (Wildman–Crippen LogP) is 1.94. The fourth-order valence-corrected chi connectivity index (χ4v) is 1.84. The smallest absolute Gasteiger partial charge is 0.326 e. The van der Waals surface area contributed by atoms with Gasteiger partial charge >= 0.3 is 5.97 Å². The lowest BCUT2D eigenvalue weighted by Gasteiger charge is -2.16. The van der Waals surface area contributed by atoms with Crippen molar-refractivity contribution in [2.24, 2.45) is 5.92 Å². The molecule has 0 radical (unpaired) electrons. The zero-order valence-corrected chi connectivity index (χ0v) is 13.1. The van der Waals surface area contributed by atoms with E-state index in [1.165, 1.54) is 13.2 Å². The molecule has 6 nitrogen and oxygen atoms in total. The number of benzene rings is 1. The molecule has 6 heteroatoms. The lowest BCUT2D eigenvalue weighted by molar-refractivity contribution is -0.142. The van der Waals surface area contributed by atoms with E-state index in [2.05, 4.69) is 5.32 Å². The van der Waals surface area contributed by atoms with Crippen LogP contribution in [0.25, 0.3) is 6.08 Å². The maximum atomic E-state index is 11.8. The van der Waals surface area contributed by atoms with Crippen molar-refractivity contribution in [3.05, 3.63) is 29.8 Å². The topological polar surface area (TPSA) is 84.9 Å². The summed E-state index contributed by atoms with van der Waals surface area (Å²) < 4.78 is 10.3. The zero-order valence-electron chi connectivity index (χ0n) is 13.1. The lowest BCUT2D eigenvalue weighted by atomic mass is 10.0. The lowest BCUT2D eigenvalue weighted by Crippen LogP contribution is -2.43. The highest BCUT2D eigenvalue weighted by Crippen LogP contribution is 2.25. The summed E-state index contributed by atoms with van der Waals surface area (Å²) in [6.07, 6.45) is 2.84. The number of hydrogen-bond acceptors (Lipinski definition) is 4. The summed E-state index contributed by atoms with van der Waals surface area (Å²) in [5.74, 6) is -0.533. The number of carbonyl (C=O) groups is 2. The number of hydrogen-bond donors (Lipinski definition) is 2. The molecule has 120 valence electrons.